The molecule has 0 saturated carbocycles. The van der Waals surface area contributed by atoms with Crippen molar-refractivity contribution in [3.05, 3.63) is 53.6 Å². The zero-order valence-corrected chi connectivity index (χ0v) is 9.10. The number of aromatic nitrogens is 2. The summed E-state index contributed by atoms with van der Waals surface area (Å²) < 4.78 is 0. The zero-order valence-electron chi connectivity index (χ0n) is 9.10. The third kappa shape index (κ3) is 3.21. The molecule has 0 unspecified atom stereocenters. The number of hydrogen-bond donors (Lipinski definition) is 2. The van der Waals surface area contributed by atoms with Crippen LogP contribution in [0.15, 0.2) is 36.7 Å². The SMILES string of the molecule is NC(=O)Cc1ccc(C#Cc2ncc[nH]2)cc1. The highest BCUT2D eigenvalue weighted by molar-refractivity contribution is 5.76. The molecule has 0 aliphatic rings. The van der Waals surface area contributed by atoms with Crippen LogP contribution >= 0.6 is 0 Å². The van der Waals surface area contributed by atoms with Gasteiger partial charge in [0.05, 0.1) is 6.42 Å². The van der Waals surface area contributed by atoms with E-state index in [0.717, 1.165) is 11.1 Å². The van der Waals surface area contributed by atoms with Crippen molar-refractivity contribution in [1.82, 2.24) is 9.97 Å². The maximum Gasteiger partial charge on any atom is 0.221 e. The molecule has 0 radical (unpaired) electrons. The number of carbonyl (C=O) groups is 1. The van der Waals surface area contributed by atoms with Crippen LogP contribution in [0.5, 0.6) is 0 Å². The van der Waals surface area contributed by atoms with Crippen molar-refractivity contribution in [3.63, 3.8) is 0 Å². The van der Waals surface area contributed by atoms with Gasteiger partial charge in [-0.05, 0) is 23.6 Å². The molecule has 0 fully saturated rings. The summed E-state index contributed by atoms with van der Waals surface area (Å²) in [7, 11) is 0. The Morgan fingerprint density at radius 3 is 2.65 bits per heavy atom. The van der Waals surface area contributed by atoms with Gasteiger partial charge in [-0.15, -0.1) is 0 Å². The lowest BCUT2D eigenvalue weighted by Crippen LogP contribution is -2.13. The molecular formula is C13H11N3O. The second-order valence-electron chi connectivity index (χ2n) is 3.53. The highest BCUT2D eigenvalue weighted by atomic mass is 16.1. The Bertz CT molecular complexity index is 559. The normalized spacial score (nSPS) is 9.41. The minimum Gasteiger partial charge on any atom is -0.369 e. The molecule has 3 N–H and O–H groups in total. The maximum absolute atomic E-state index is 10.7. The van der Waals surface area contributed by atoms with Crippen LogP contribution < -0.4 is 5.73 Å². The molecule has 0 spiro atoms. The smallest absolute Gasteiger partial charge is 0.221 e. The molecule has 2 rings (SSSR count). The molecule has 0 bridgehead atoms. The zero-order chi connectivity index (χ0) is 12.1. The van der Waals surface area contributed by atoms with Gasteiger partial charge in [0.25, 0.3) is 0 Å². The van der Waals surface area contributed by atoms with E-state index in [1.165, 1.54) is 0 Å². The Balaban J connectivity index is 2.10. The fraction of sp³-hybridized carbons (Fsp3) is 0.0769. The van der Waals surface area contributed by atoms with Crippen LogP contribution in [0.2, 0.25) is 0 Å². The quantitative estimate of drug-likeness (QED) is 0.743. The first-order valence-electron chi connectivity index (χ1n) is 5.13. The molecule has 1 aromatic heterocycles. The van der Waals surface area contributed by atoms with Crippen molar-refractivity contribution in [2.45, 2.75) is 6.42 Å². The first kappa shape index (κ1) is 11.0. The minimum absolute atomic E-state index is 0.256. The van der Waals surface area contributed by atoms with Gasteiger partial charge in [-0.1, -0.05) is 18.1 Å². The summed E-state index contributed by atoms with van der Waals surface area (Å²) in [6.07, 6.45) is 3.63. The predicted octanol–water partition coefficient (Wildman–Crippen LogP) is 0.837. The van der Waals surface area contributed by atoms with Gasteiger partial charge in [0, 0.05) is 18.0 Å². The number of primary amides is 1. The lowest BCUT2D eigenvalue weighted by atomic mass is 10.1. The molecule has 2 aromatic rings. The molecule has 4 heteroatoms. The van der Waals surface area contributed by atoms with Gasteiger partial charge in [-0.3, -0.25) is 4.79 Å². The Labute approximate surface area is 98.9 Å². The monoisotopic (exact) mass is 225 g/mol. The Kier molecular flexibility index (Phi) is 3.22. The highest BCUT2D eigenvalue weighted by Gasteiger charge is 1.97. The first-order chi connectivity index (χ1) is 8.24. The van der Waals surface area contributed by atoms with Crippen LogP contribution in [0.4, 0.5) is 0 Å². The third-order valence-electron chi connectivity index (χ3n) is 2.16. The van der Waals surface area contributed by atoms with E-state index in [2.05, 4.69) is 21.8 Å². The summed E-state index contributed by atoms with van der Waals surface area (Å²) in [6, 6.07) is 7.40. The molecule has 1 heterocycles. The average Bonchev–Trinajstić information content (AvgIpc) is 2.80. The van der Waals surface area contributed by atoms with E-state index in [9.17, 15) is 4.79 Å². The van der Waals surface area contributed by atoms with Crippen LogP contribution in [0.3, 0.4) is 0 Å². The average molecular weight is 225 g/mol. The molecule has 4 nitrogen and oxygen atoms in total. The summed E-state index contributed by atoms with van der Waals surface area (Å²) in [5.41, 5.74) is 6.87. The van der Waals surface area contributed by atoms with E-state index in [0.29, 0.717) is 5.82 Å². The Hall–Kier alpha value is -2.54. The van der Waals surface area contributed by atoms with Gasteiger partial charge in [0.2, 0.25) is 5.91 Å². The van der Waals surface area contributed by atoms with Crippen LogP contribution in [0, 0.1) is 11.8 Å². The molecule has 0 saturated heterocycles. The lowest BCUT2D eigenvalue weighted by Gasteiger charge is -1.96. The van der Waals surface area contributed by atoms with Crippen molar-refractivity contribution >= 4 is 5.91 Å². The van der Waals surface area contributed by atoms with E-state index < -0.39 is 0 Å². The summed E-state index contributed by atoms with van der Waals surface area (Å²) in [6.45, 7) is 0. The van der Waals surface area contributed by atoms with Crippen LogP contribution in [0.1, 0.15) is 17.0 Å². The fourth-order valence-corrected chi connectivity index (χ4v) is 1.37. The molecule has 84 valence electrons. The summed E-state index contributed by atoms with van der Waals surface area (Å²) in [4.78, 5) is 17.6. The van der Waals surface area contributed by atoms with E-state index >= 15 is 0 Å². The van der Waals surface area contributed by atoms with Crippen LogP contribution in [-0.2, 0) is 11.2 Å². The molecule has 1 amide bonds. The van der Waals surface area contributed by atoms with Gasteiger partial charge in [-0.25, -0.2) is 4.98 Å². The topological polar surface area (TPSA) is 71.8 Å². The van der Waals surface area contributed by atoms with Gasteiger partial charge >= 0.3 is 0 Å². The van der Waals surface area contributed by atoms with Gasteiger partial charge in [0.15, 0.2) is 5.82 Å². The molecule has 17 heavy (non-hydrogen) atoms. The van der Waals surface area contributed by atoms with Crippen LogP contribution in [-0.4, -0.2) is 15.9 Å². The molecule has 0 atom stereocenters. The van der Waals surface area contributed by atoms with Gasteiger partial charge < -0.3 is 10.7 Å². The van der Waals surface area contributed by atoms with E-state index in [1.807, 2.05) is 24.3 Å². The van der Waals surface area contributed by atoms with E-state index in [1.54, 1.807) is 12.4 Å². The number of rotatable bonds is 2. The number of imidazole rings is 1. The van der Waals surface area contributed by atoms with Crippen molar-refractivity contribution in [1.29, 1.82) is 0 Å². The fourth-order valence-electron chi connectivity index (χ4n) is 1.37. The number of H-pyrrole nitrogens is 1. The van der Waals surface area contributed by atoms with Crippen molar-refractivity contribution in [3.8, 4) is 11.8 Å². The lowest BCUT2D eigenvalue weighted by molar-refractivity contribution is -0.117. The summed E-state index contributed by atoms with van der Waals surface area (Å²) >= 11 is 0. The Morgan fingerprint density at radius 2 is 2.06 bits per heavy atom. The Morgan fingerprint density at radius 1 is 1.29 bits per heavy atom. The van der Waals surface area contributed by atoms with E-state index in [-0.39, 0.29) is 12.3 Å². The summed E-state index contributed by atoms with van der Waals surface area (Å²) in [5.74, 6) is 6.16. The largest absolute Gasteiger partial charge is 0.369 e. The maximum atomic E-state index is 10.7. The van der Waals surface area contributed by atoms with Gasteiger partial charge in [-0.2, -0.15) is 0 Å². The number of nitrogens with zero attached hydrogens (tertiary/aromatic N) is 1. The summed E-state index contributed by atoms with van der Waals surface area (Å²) in [5, 5.41) is 0. The highest BCUT2D eigenvalue weighted by Crippen LogP contribution is 2.04. The molecule has 0 aliphatic heterocycles. The number of aromatic amines is 1. The predicted molar refractivity (Wildman–Crippen MR) is 63.9 cm³/mol. The molecular weight excluding hydrogens is 214 g/mol. The first-order valence-corrected chi connectivity index (χ1v) is 5.13. The van der Waals surface area contributed by atoms with Crippen molar-refractivity contribution in [2.75, 3.05) is 0 Å². The van der Waals surface area contributed by atoms with Gasteiger partial charge in [0.1, 0.15) is 0 Å². The van der Waals surface area contributed by atoms with Crippen molar-refractivity contribution in [2.24, 2.45) is 5.73 Å². The second kappa shape index (κ2) is 4.99. The number of hydrogen-bond acceptors (Lipinski definition) is 2. The number of amides is 1. The number of carbonyl (C=O) groups excluding carboxylic acids is 1. The number of nitrogens with one attached hydrogen (secondary N) is 1. The van der Waals surface area contributed by atoms with Crippen LogP contribution in [0.25, 0.3) is 0 Å². The van der Waals surface area contributed by atoms with Crippen molar-refractivity contribution < 1.29 is 4.79 Å². The number of nitrogens with two attached hydrogens (primary N) is 1. The standard InChI is InChI=1S/C13H11N3O/c14-12(17)9-11-3-1-10(2-4-11)5-6-13-15-7-8-16-13/h1-4,7-8H,9H2,(H2,14,17)(H,15,16). The molecule has 1 aromatic carbocycles. The minimum atomic E-state index is -0.334. The van der Waals surface area contributed by atoms with E-state index in [4.69, 9.17) is 5.73 Å². The molecule has 0 aliphatic carbocycles. The second-order valence-corrected chi connectivity index (χ2v) is 3.53. The number of benzene rings is 1. The third-order valence-corrected chi connectivity index (χ3v) is 2.16.